The Kier molecular flexibility index (Phi) is 4.01. The van der Waals surface area contributed by atoms with Gasteiger partial charge in [0, 0.05) is 17.7 Å². The second-order valence-electron chi connectivity index (χ2n) is 5.60. The fourth-order valence-electron chi connectivity index (χ4n) is 1.93. The summed E-state index contributed by atoms with van der Waals surface area (Å²) in [6, 6.07) is 0.705. The number of hydrogen-bond acceptors (Lipinski definition) is 4. The van der Waals surface area contributed by atoms with Crippen LogP contribution in [0.15, 0.2) is 16.7 Å². The number of hydrogen-bond donors (Lipinski definition) is 0. The fraction of sp³-hybridized carbons (Fsp3) is 0.429. The predicted molar refractivity (Wildman–Crippen MR) is 81.4 cm³/mol. The van der Waals surface area contributed by atoms with E-state index in [0.717, 1.165) is 4.47 Å². The van der Waals surface area contributed by atoms with Gasteiger partial charge in [0.1, 0.15) is 5.60 Å². The van der Waals surface area contributed by atoms with Crippen LogP contribution < -0.4 is 0 Å². The van der Waals surface area contributed by atoms with E-state index in [2.05, 4.69) is 30.9 Å². The Balaban J connectivity index is 2.51. The maximum Gasteiger partial charge on any atom is 0.397 e. The maximum absolute atomic E-state index is 12.2. The van der Waals surface area contributed by atoms with Crippen molar-refractivity contribution in [3.63, 3.8) is 0 Å². The lowest BCUT2D eigenvalue weighted by molar-refractivity contribution is -0.155. The first kappa shape index (κ1) is 15.4. The molecule has 0 aliphatic carbocycles. The van der Waals surface area contributed by atoms with E-state index >= 15 is 0 Å². The summed E-state index contributed by atoms with van der Waals surface area (Å²) in [6.07, 6.45) is 1.65. The molecule has 2 aromatic heterocycles. The van der Waals surface area contributed by atoms with Crippen molar-refractivity contribution in [2.75, 3.05) is 0 Å². The van der Waals surface area contributed by atoms with Gasteiger partial charge in [-0.1, -0.05) is 0 Å². The Hall–Kier alpha value is -1.94. The molecule has 0 bridgehead atoms. The number of aromatic nitrogens is 3. The third kappa shape index (κ3) is 3.22. The minimum atomic E-state index is -1.09. The van der Waals surface area contributed by atoms with E-state index in [1.54, 1.807) is 44.8 Å². The molecule has 6 nitrogen and oxygen atoms in total. The number of halogens is 1. The van der Waals surface area contributed by atoms with Crippen LogP contribution in [0.25, 0.3) is 15.9 Å². The van der Waals surface area contributed by atoms with Gasteiger partial charge in [-0.15, -0.1) is 0 Å². The normalized spacial score (nSPS) is 13.0. The van der Waals surface area contributed by atoms with E-state index < -0.39 is 17.6 Å². The number of carbonyl (C=O) groups is 1. The number of pyridine rings is 1. The first-order chi connectivity index (χ1) is 9.73. The topological polar surface area (TPSA) is 61.4 Å². The molecule has 110 valence electrons. The van der Waals surface area contributed by atoms with Crippen LogP contribution in [0.3, 0.4) is 0 Å². The largest absolute Gasteiger partial charge is 0.454 e. The molecule has 0 N–H and O–H groups in total. The van der Waals surface area contributed by atoms with Crippen molar-refractivity contribution < 1.29 is 9.53 Å². The molecule has 0 radical (unpaired) electrons. The van der Waals surface area contributed by atoms with Crippen molar-refractivity contribution in [1.29, 1.82) is 0 Å². The number of carbonyl (C=O) groups excluding carboxylic acids is 1. The first-order valence-electron chi connectivity index (χ1n) is 6.30. The van der Waals surface area contributed by atoms with E-state index in [0.29, 0.717) is 16.7 Å². The quantitative estimate of drug-likeness (QED) is 0.616. The minimum Gasteiger partial charge on any atom is -0.454 e. The number of esters is 1. The highest BCUT2D eigenvalue weighted by Crippen LogP contribution is 2.28. The van der Waals surface area contributed by atoms with Gasteiger partial charge in [0.25, 0.3) is 0 Å². The van der Waals surface area contributed by atoms with E-state index in [4.69, 9.17) is 11.3 Å². The molecular weight excluding hydrogens is 336 g/mol. The van der Waals surface area contributed by atoms with Crippen LogP contribution in [0, 0.1) is 6.57 Å². The van der Waals surface area contributed by atoms with E-state index in [9.17, 15) is 4.79 Å². The molecule has 0 saturated carbocycles. The molecule has 2 heterocycles. The highest BCUT2D eigenvalue weighted by molar-refractivity contribution is 9.10. The zero-order valence-corrected chi connectivity index (χ0v) is 13.8. The maximum atomic E-state index is 12.2. The molecule has 0 aliphatic rings. The van der Waals surface area contributed by atoms with Gasteiger partial charge in [0.15, 0.2) is 11.3 Å². The predicted octanol–water partition coefficient (Wildman–Crippen LogP) is 3.03. The van der Waals surface area contributed by atoms with Crippen LogP contribution in [0.1, 0.15) is 32.5 Å². The van der Waals surface area contributed by atoms with Crippen molar-refractivity contribution in [2.24, 2.45) is 7.05 Å². The average molecular weight is 351 g/mol. The lowest BCUT2D eigenvalue weighted by Crippen LogP contribution is -2.27. The number of rotatable bonds is 2. The van der Waals surface area contributed by atoms with E-state index in [-0.39, 0.29) is 0 Å². The lowest BCUT2D eigenvalue weighted by Gasteiger charge is -2.19. The molecule has 0 saturated heterocycles. The minimum absolute atomic E-state index is 0.366. The lowest BCUT2D eigenvalue weighted by atomic mass is 10.1. The molecule has 1 unspecified atom stereocenters. The third-order valence-corrected chi connectivity index (χ3v) is 3.13. The van der Waals surface area contributed by atoms with Crippen LogP contribution in [0.5, 0.6) is 0 Å². The average Bonchev–Trinajstić information content (AvgIpc) is 2.65. The molecule has 2 rings (SSSR count). The molecule has 0 amide bonds. The Labute approximate surface area is 131 Å². The molecular formula is C14H15BrN4O2. The second-order valence-corrected chi connectivity index (χ2v) is 6.51. The van der Waals surface area contributed by atoms with Crippen molar-refractivity contribution >= 4 is 32.9 Å². The fourth-order valence-corrected chi connectivity index (χ4v) is 2.26. The zero-order valence-electron chi connectivity index (χ0n) is 12.2. The van der Waals surface area contributed by atoms with E-state index in [1.165, 1.54) is 0 Å². The van der Waals surface area contributed by atoms with Gasteiger partial charge in [-0.05, 0) is 42.8 Å². The zero-order chi connectivity index (χ0) is 15.8. The Morgan fingerprint density at radius 1 is 1.52 bits per heavy atom. The summed E-state index contributed by atoms with van der Waals surface area (Å²) >= 11 is 3.34. The number of ether oxygens (including phenoxy) is 1. The Morgan fingerprint density at radius 3 is 2.76 bits per heavy atom. The van der Waals surface area contributed by atoms with Crippen molar-refractivity contribution in [3.05, 3.63) is 33.8 Å². The van der Waals surface area contributed by atoms with Gasteiger partial charge in [0.05, 0.1) is 5.39 Å². The summed E-state index contributed by atoms with van der Waals surface area (Å²) in [6.45, 7) is 12.6. The van der Waals surface area contributed by atoms with Gasteiger partial charge < -0.3 is 4.74 Å². The van der Waals surface area contributed by atoms with Crippen LogP contribution >= 0.6 is 15.9 Å². The molecule has 1 atom stereocenters. The van der Waals surface area contributed by atoms with E-state index in [1.807, 2.05) is 0 Å². The van der Waals surface area contributed by atoms with Gasteiger partial charge in [-0.2, -0.15) is 5.10 Å². The van der Waals surface area contributed by atoms with Crippen LogP contribution in [0.4, 0.5) is 0 Å². The Bertz CT molecular complexity index is 740. The summed E-state index contributed by atoms with van der Waals surface area (Å²) in [5.74, 6) is -0.600. The smallest absolute Gasteiger partial charge is 0.397 e. The van der Waals surface area contributed by atoms with Crippen molar-refractivity contribution in [1.82, 2.24) is 14.8 Å². The molecule has 0 aliphatic heterocycles. The number of aryl methyl sites for hydroxylation is 1. The van der Waals surface area contributed by atoms with Gasteiger partial charge in [-0.3, -0.25) is 4.85 Å². The van der Waals surface area contributed by atoms with Gasteiger partial charge in [-0.25, -0.2) is 21.0 Å². The summed E-state index contributed by atoms with van der Waals surface area (Å²) in [4.78, 5) is 19.9. The molecule has 21 heavy (non-hydrogen) atoms. The molecule has 0 fully saturated rings. The summed E-state index contributed by atoms with van der Waals surface area (Å²) in [5, 5.41) is 4.94. The molecule has 0 spiro atoms. The Morgan fingerprint density at radius 2 is 2.19 bits per heavy atom. The van der Waals surface area contributed by atoms with Crippen LogP contribution in [-0.2, 0) is 16.6 Å². The van der Waals surface area contributed by atoms with Crippen molar-refractivity contribution in [2.45, 2.75) is 32.4 Å². The summed E-state index contributed by atoms with van der Waals surface area (Å²) in [5.41, 5.74) is 0.333. The first-order valence-corrected chi connectivity index (χ1v) is 7.10. The molecule has 7 heteroatoms. The number of nitrogens with zero attached hydrogens (tertiary/aromatic N) is 4. The molecule has 2 aromatic rings. The third-order valence-electron chi connectivity index (χ3n) is 2.69. The standard InChI is InChI=1S/C14H15BrN4O2/c1-14(2,3)21-13(20)11(16-4)10-9-6-8(15)7-17-12(9)19(5)18-10/h6-7,11H,1-3,5H3. The second kappa shape index (κ2) is 5.45. The van der Waals surface area contributed by atoms with Gasteiger partial charge in [0.2, 0.25) is 0 Å². The monoisotopic (exact) mass is 350 g/mol. The number of fused-ring (bicyclic) bond motifs is 1. The van der Waals surface area contributed by atoms with Crippen LogP contribution in [-0.4, -0.2) is 26.3 Å². The molecule has 0 aromatic carbocycles. The highest BCUT2D eigenvalue weighted by Gasteiger charge is 2.35. The summed E-state index contributed by atoms with van der Waals surface area (Å²) in [7, 11) is 1.73. The SMILES string of the molecule is [C-]#[N+]C(C(=O)OC(C)(C)C)c1nn(C)c2ncc(Br)cc12. The van der Waals surface area contributed by atoms with Crippen molar-refractivity contribution in [3.8, 4) is 0 Å². The highest BCUT2D eigenvalue weighted by atomic mass is 79.9. The summed E-state index contributed by atoms with van der Waals surface area (Å²) < 4.78 is 7.62. The van der Waals surface area contributed by atoms with Crippen LogP contribution in [0.2, 0.25) is 0 Å². The van der Waals surface area contributed by atoms with Gasteiger partial charge >= 0.3 is 12.0 Å².